The third kappa shape index (κ3) is 2.67. The van der Waals surface area contributed by atoms with Crippen molar-refractivity contribution < 1.29 is 23.1 Å². The van der Waals surface area contributed by atoms with Gasteiger partial charge in [-0.15, -0.1) is 0 Å². The Morgan fingerprint density at radius 3 is 2.54 bits per heavy atom. The van der Waals surface area contributed by atoms with E-state index in [9.17, 15) is 9.18 Å². The number of carbonyl (C=O) groups excluding carboxylic acids is 1. The van der Waals surface area contributed by atoms with Crippen LogP contribution in [0.25, 0.3) is 11.0 Å². The molecule has 0 fully saturated rings. The van der Waals surface area contributed by atoms with Crippen LogP contribution in [0.15, 0.2) is 40.8 Å². The predicted octanol–water partition coefficient (Wildman–Crippen LogP) is 4.15. The molecule has 1 N–H and O–H groups in total. The molecule has 1 aromatic heterocycles. The Kier molecular flexibility index (Phi) is 4.12. The molecule has 0 saturated carbocycles. The fourth-order valence-corrected chi connectivity index (χ4v) is 2.53. The van der Waals surface area contributed by atoms with Gasteiger partial charge in [-0.3, -0.25) is 4.79 Å². The number of nitrogens with one attached hydrogen (secondary N) is 1. The summed E-state index contributed by atoms with van der Waals surface area (Å²) in [6.07, 6.45) is 0. The number of hydrogen-bond donors (Lipinski definition) is 1. The number of ether oxygens (including phenoxy) is 2. The van der Waals surface area contributed by atoms with Gasteiger partial charge in [-0.2, -0.15) is 0 Å². The molecule has 3 rings (SSSR count). The zero-order valence-electron chi connectivity index (χ0n) is 13.5. The molecular formula is C18H16FNO4. The fourth-order valence-electron chi connectivity index (χ4n) is 2.53. The highest BCUT2D eigenvalue weighted by Gasteiger charge is 2.20. The van der Waals surface area contributed by atoms with E-state index in [1.165, 1.54) is 20.3 Å². The van der Waals surface area contributed by atoms with E-state index in [2.05, 4.69) is 5.32 Å². The number of fused-ring (bicyclic) bond motifs is 1. The number of rotatable bonds is 4. The van der Waals surface area contributed by atoms with E-state index in [-0.39, 0.29) is 11.3 Å². The lowest BCUT2D eigenvalue weighted by molar-refractivity contribution is 0.0997. The lowest BCUT2D eigenvalue weighted by Crippen LogP contribution is -2.12. The summed E-state index contributed by atoms with van der Waals surface area (Å²) in [5.41, 5.74) is 1.17. The van der Waals surface area contributed by atoms with Gasteiger partial charge in [0.05, 0.1) is 14.2 Å². The van der Waals surface area contributed by atoms with E-state index in [0.29, 0.717) is 28.1 Å². The summed E-state index contributed by atoms with van der Waals surface area (Å²) in [4.78, 5) is 12.5. The van der Waals surface area contributed by atoms with Crippen molar-refractivity contribution >= 4 is 22.6 Å². The van der Waals surface area contributed by atoms with Crippen molar-refractivity contribution in [2.24, 2.45) is 0 Å². The van der Waals surface area contributed by atoms with E-state index in [1.807, 2.05) is 0 Å². The first-order chi connectivity index (χ1) is 11.5. The first-order valence-corrected chi connectivity index (χ1v) is 7.26. The number of halogens is 1. The van der Waals surface area contributed by atoms with Crippen molar-refractivity contribution in [3.05, 3.63) is 53.5 Å². The maximum atomic E-state index is 13.8. The molecule has 0 aliphatic rings. The average Bonchev–Trinajstić information content (AvgIpc) is 2.93. The predicted molar refractivity (Wildman–Crippen MR) is 88.4 cm³/mol. The number of benzene rings is 2. The van der Waals surface area contributed by atoms with Gasteiger partial charge in [-0.05, 0) is 25.1 Å². The molecule has 5 nitrogen and oxygen atoms in total. The SMILES string of the molecule is COc1ccc(NC(=O)c2oc3c(F)cccc3c2C)cc1OC. The lowest BCUT2D eigenvalue weighted by atomic mass is 10.1. The van der Waals surface area contributed by atoms with Crippen LogP contribution >= 0.6 is 0 Å². The molecule has 0 unspecified atom stereocenters. The Bertz CT molecular complexity index is 917. The maximum absolute atomic E-state index is 13.8. The van der Waals surface area contributed by atoms with Crippen LogP contribution < -0.4 is 14.8 Å². The lowest BCUT2D eigenvalue weighted by Gasteiger charge is -2.10. The molecule has 0 aliphatic carbocycles. The minimum Gasteiger partial charge on any atom is -0.493 e. The molecule has 6 heteroatoms. The van der Waals surface area contributed by atoms with Crippen LogP contribution in [-0.2, 0) is 0 Å². The summed E-state index contributed by atoms with van der Waals surface area (Å²) in [5, 5.41) is 3.29. The smallest absolute Gasteiger partial charge is 0.291 e. The number of para-hydroxylation sites is 1. The van der Waals surface area contributed by atoms with Gasteiger partial charge in [0.25, 0.3) is 5.91 Å². The summed E-state index contributed by atoms with van der Waals surface area (Å²) in [6.45, 7) is 1.72. The molecule has 24 heavy (non-hydrogen) atoms. The molecule has 0 bridgehead atoms. The quantitative estimate of drug-likeness (QED) is 0.781. The van der Waals surface area contributed by atoms with Gasteiger partial charge >= 0.3 is 0 Å². The minimum absolute atomic E-state index is 0.0740. The molecule has 0 spiro atoms. The van der Waals surface area contributed by atoms with E-state index < -0.39 is 11.7 Å². The average molecular weight is 329 g/mol. The standard InChI is InChI=1S/C18H16FNO4/c1-10-12-5-4-6-13(19)17(12)24-16(10)18(21)20-11-7-8-14(22-2)15(9-11)23-3/h4-9H,1-3H3,(H,20,21). The van der Waals surface area contributed by atoms with Crippen LogP contribution in [0.2, 0.25) is 0 Å². The molecule has 0 atom stereocenters. The molecular weight excluding hydrogens is 313 g/mol. The topological polar surface area (TPSA) is 60.7 Å². The first-order valence-electron chi connectivity index (χ1n) is 7.26. The van der Waals surface area contributed by atoms with Crippen molar-refractivity contribution in [1.82, 2.24) is 0 Å². The normalized spacial score (nSPS) is 10.7. The largest absolute Gasteiger partial charge is 0.493 e. The first kappa shape index (κ1) is 15.9. The van der Waals surface area contributed by atoms with E-state index in [0.717, 1.165) is 0 Å². The highest BCUT2D eigenvalue weighted by Crippen LogP contribution is 2.31. The minimum atomic E-state index is -0.499. The second kappa shape index (κ2) is 6.23. The van der Waals surface area contributed by atoms with Crippen molar-refractivity contribution in [3.8, 4) is 11.5 Å². The van der Waals surface area contributed by atoms with Crippen LogP contribution in [0.3, 0.4) is 0 Å². The molecule has 2 aromatic carbocycles. The molecule has 0 radical (unpaired) electrons. The summed E-state index contributed by atoms with van der Waals surface area (Å²) >= 11 is 0. The zero-order chi connectivity index (χ0) is 17.3. The zero-order valence-corrected chi connectivity index (χ0v) is 13.5. The summed E-state index contributed by atoms with van der Waals surface area (Å²) < 4.78 is 29.6. The molecule has 3 aromatic rings. The highest BCUT2D eigenvalue weighted by atomic mass is 19.1. The molecule has 0 saturated heterocycles. The third-order valence-electron chi connectivity index (χ3n) is 3.76. The van der Waals surface area contributed by atoms with Gasteiger partial charge in [-0.25, -0.2) is 4.39 Å². The van der Waals surface area contributed by atoms with Gasteiger partial charge in [0.15, 0.2) is 28.7 Å². The number of amides is 1. The molecule has 1 heterocycles. The summed E-state index contributed by atoms with van der Waals surface area (Å²) in [6, 6.07) is 9.58. The number of furan rings is 1. The molecule has 1 amide bonds. The van der Waals surface area contributed by atoms with E-state index in [1.54, 1.807) is 37.3 Å². The van der Waals surface area contributed by atoms with Crippen LogP contribution in [-0.4, -0.2) is 20.1 Å². The monoisotopic (exact) mass is 329 g/mol. The Morgan fingerprint density at radius 2 is 1.88 bits per heavy atom. The fraction of sp³-hybridized carbons (Fsp3) is 0.167. The van der Waals surface area contributed by atoms with Gasteiger partial charge in [0.2, 0.25) is 0 Å². The second-order valence-corrected chi connectivity index (χ2v) is 5.20. The molecule has 0 aliphatic heterocycles. The second-order valence-electron chi connectivity index (χ2n) is 5.20. The number of aryl methyl sites for hydroxylation is 1. The van der Waals surface area contributed by atoms with Crippen LogP contribution in [0.5, 0.6) is 11.5 Å². The van der Waals surface area contributed by atoms with E-state index >= 15 is 0 Å². The van der Waals surface area contributed by atoms with Crippen molar-refractivity contribution in [2.45, 2.75) is 6.92 Å². The Balaban J connectivity index is 1.93. The number of carbonyl (C=O) groups is 1. The van der Waals surface area contributed by atoms with Crippen molar-refractivity contribution in [3.63, 3.8) is 0 Å². The number of hydrogen-bond acceptors (Lipinski definition) is 4. The summed E-state index contributed by atoms with van der Waals surface area (Å²) in [7, 11) is 3.04. The van der Waals surface area contributed by atoms with Crippen LogP contribution in [0.1, 0.15) is 16.1 Å². The van der Waals surface area contributed by atoms with E-state index in [4.69, 9.17) is 13.9 Å². The van der Waals surface area contributed by atoms with Gasteiger partial charge in [0.1, 0.15) is 0 Å². The third-order valence-corrected chi connectivity index (χ3v) is 3.76. The Morgan fingerprint density at radius 1 is 1.12 bits per heavy atom. The Labute approximate surface area is 138 Å². The maximum Gasteiger partial charge on any atom is 0.291 e. The van der Waals surface area contributed by atoms with Crippen LogP contribution in [0, 0.1) is 12.7 Å². The van der Waals surface area contributed by atoms with Crippen molar-refractivity contribution in [1.29, 1.82) is 0 Å². The van der Waals surface area contributed by atoms with Gasteiger partial charge in [0, 0.05) is 22.7 Å². The van der Waals surface area contributed by atoms with Gasteiger partial charge < -0.3 is 19.2 Å². The number of anilines is 1. The highest BCUT2D eigenvalue weighted by molar-refractivity contribution is 6.06. The van der Waals surface area contributed by atoms with Crippen molar-refractivity contribution in [2.75, 3.05) is 19.5 Å². The number of methoxy groups -OCH3 is 2. The van der Waals surface area contributed by atoms with Crippen LogP contribution in [0.4, 0.5) is 10.1 Å². The molecule has 124 valence electrons. The summed E-state index contributed by atoms with van der Waals surface area (Å²) in [5.74, 6) is 0.154. The Hall–Kier alpha value is -3.02. The van der Waals surface area contributed by atoms with Gasteiger partial charge in [-0.1, -0.05) is 12.1 Å².